The summed E-state index contributed by atoms with van der Waals surface area (Å²) < 4.78 is 4.65. The van der Waals surface area contributed by atoms with Crippen LogP contribution in [0.25, 0.3) is 0 Å². The van der Waals surface area contributed by atoms with E-state index < -0.39 is 0 Å². The Labute approximate surface area is 50.1 Å². The fourth-order valence-corrected chi connectivity index (χ4v) is 0.530. The number of nitrogens with zero attached hydrogens (tertiary/aromatic N) is 1. The van der Waals surface area contributed by atoms with Gasteiger partial charge in [-0.2, -0.15) is 5.26 Å². The molecule has 2 heteroatoms. The van der Waals surface area contributed by atoms with E-state index >= 15 is 0 Å². The van der Waals surface area contributed by atoms with E-state index in [9.17, 15) is 0 Å². The van der Waals surface area contributed by atoms with Gasteiger partial charge in [0.2, 0.25) is 0 Å². The number of ether oxygens (including phenoxy) is 1. The van der Waals surface area contributed by atoms with Gasteiger partial charge in [0.25, 0.3) is 6.26 Å². The molecule has 0 saturated carbocycles. The van der Waals surface area contributed by atoms with Crippen LogP contribution in [0.1, 0.15) is 26.7 Å². The molecule has 0 N–H and O–H groups in total. The molecule has 0 aliphatic heterocycles. The second-order valence-corrected chi connectivity index (χ2v) is 1.65. The van der Waals surface area contributed by atoms with E-state index in [4.69, 9.17) is 5.26 Å². The molecular weight excluding hydrogens is 102 g/mol. The molecule has 0 aromatic rings. The first-order valence-corrected chi connectivity index (χ1v) is 2.89. The lowest BCUT2D eigenvalue weighted by molar-refractivity contribution is 0.153. The predicted octanol–water partition coefficient (Wildman–Crippen LogP) is 1.67. The molecule has 2 nitrogen and oxygen atoms in total. The highest BCUT2D eigenvalue weighted by molar-refractivity contribution is 4.58. The summed E-state index contributed by atoms with van der Waals surface area (Å²) in [6.45, 7) is 4.01. The third kappa shape index (κ3) is 2.46. The minimum atomic E-state index is 0.139. The quantitative estimate of drug-likeness (QED) is 0.521. The average molecular weight is 113 g/mol. The summed E-state index contributed by atoms with van der Waals surface area (Å²) in [5.74, 6) is 0. The Morgan fingerprint density at radius 1 is 1.50 bits per heavy atom. The van der Waals surface area contributed by atoms with Gasteiger partial charge < -0.3 is 4.74 Å². The summed E-state index contributed by atoms with van der Waals surface area (Å²) in [6.07, 6.45) is 3.65. The molecule has 0 aromatic carbocycles. The molecule has 0 unspecified atom stereocenters. The minimum Gasteiger partial charge on any atom is -0.424 e. The third-order valence-electron chi connectivity index (χ3n) is 1.13. The fourth-order valence-electron chi connectivity index (χ4n) is 0.530. The van der Waals surface area contributed by atoms with Crippen LogP contribution in [0.3, 0.4) is 0 Å². The number of hydrogen-bond donors (Lipinski definition) is 0. The molecule has 0 bridgehead atoms. The first-order chi connectivity index (χ1) is 3.85. The maximum atomic E-state index is 8.03. The van der Waals surface area contributed by atoms with Crippen LogP contribution < -0.4 is 0 Å². The van der Waals surface area contributed by atoms with Crippen LogP contribution in [0.2, 0.25) is 0 Å². The highest BCUT2D eigenvalue weighted by Crippen LogP contribution is 1.99. The van der Waals surface area contributed by atoms with Gasteiger partial charge >= 0.3 is 0 Å². The van der Waals surface area contributed by atoms with E-state index in [1.807, 2.05) is 13.8 Å². The van der Waals surface area contributed by atoms with Gasteiger partial charge in [0.15, 0.2) is 0 Å². The first kappa shape index (κ1) is 7.29. The molecule has 0 aliphatic rings. The Hall–Kier alpha value is -0.710. The minimum absolute atomic E-state index is 0.139. The Morgan fingerprint density at radius 2 is 2.00 bits per heavy atom. The van der Waals surface area contributed by atoms with E-state index in [0.717, 1.165) is 12.8 Å². The zero-order chi connectivity index (χ0) is 6.41. The zero-order valence-electron chi connectivity index (χ0n) is 5.35. The second kappa shape index (κ2) is 4.45. The highest BCUT2D eigenvalue weighted by atomic mass is 16.5. The molecule has 0 aromatic heterocycles. The molecule has 46 valence electrons. The van der Waals surface area contributed by atoms with Crippen LogP contribution in [-0.4, -0.2) is 6.10 Å². The summed E-state index contributed by atoms with van der Waals surface area (Å²) in [7, 11) is 0. The van der Waals surface area contributed by atoms with Crippen molar-refractivity contribution in [1.29, 1.82) is 5.26 Å². The van der Waals surface area contributed by atoms with Gasteiger partial charge in [-0.15, -0.1) is 0 Å². The van der Waals surface area contributed by atoms with Gasteiger partial charge in [-0.05, 0) is 12.8 Å². The molecule has 0 amide bonds. The normalized spacial score (nSPS) is 8.75. The Bertz CT molecular complexity index is 81.0. The number of rotatable bonds is 3. The summed E-state index contributed by atoms with van der Waals surface area (Å²) in [5, 5.41) is 8.03. The van der Waals surface area contributed by atoms with Gasteiger partial charge in [-0.3, -0.25) is 0 Å². The fraction of sp³-hybridized carbons (Fsp3) is 0.833. The van der Waals surface area contributed by atoms with Crippen molar-refractivity contribution in [2.24, 2.45) is 0 Å². The zero-order valence-corrected chi connectivity index (χ0v) is 5.35. The molecule has 0 heterocycles. The SMILES string of the molecule is CCC(CC)OC#N. The van der Waals surface area contributed by atoms with Crippen molar-refractivity contribution in [2.45, 2.75) is 32.8 Å². The second-order valence-electron chi connectivity index (χ2n) is 1.65. The van der Waals surface area contributed by atoms with Gasteiger partial charge in [0.05, 0.1) is 0 Å². The lowest BCUT2D eigenvalue weighted by Crippen LogP contribution is -2.05. The van der Waals surface area contributed by atoms with Crippen LogP contribution in [0.4, 0.5) is 0 Å². The third-order valence-corrected chi connectivity index (χ3v) is 1.13. The molecule has 8 heavy (non-hydrogen) atoms. The summed E-state index contributed by atoms with van der Waals surface area (Å²) in [5.41, 5.74) is 0. The van der Waals surface area contributed by atoms with Crippen LogP contribution in [0.5, 0.6) is 0 Å². The monoisotopic (exact) mass is 113 g/mol. The van der Waals surface area contributed by atoms with Gasteiger partial charge in [0.1, 0.15) is 6.10 Å². The first-order valence-electron chi connectivity index (χ1n) is 2.89. The largest absolute Gasteiger partial charge is 0.424 e. The van der Waals surface area contributed by atoms with Crippen LogP contribution in [0.15, 0.2) is 0 Å². The van der Waals surface area contributed by atoms with Crippen molar-refractivity contribution in [3.05, 3.63) is 0 Å². The van der Waals surface area contributed by atoms with Crippen molar-refractivity contribution in [1.82, 2.24) is 0 Å². The van der Waals surface area contributed by atoms with Crippen molar-refractivity contribution < 1.29 is 4.74 Å². The van der Waals surface area contributed by atoms with Gasteiger partial charge in [-0.25, -0.2) is 0 Å². The number of nitriles is 1. The Morgan fingerprint density at radius 3 is 2.12 bits per heavy atom. The molecule has 0 saturated heterocycles. The maximum Gasteiger partial charge on any atom is 0.286 e. The molecule has 0 aliphatic carbocycles. The van der Waals surface area contributed by atoms with E-state index in [1.165, 1.54) is 0 Å². The summed E-state index contributed by atoms with van der Waals surface area (Å²) in [4.78, 5) is 0. The van der Waals surface area contributed by atoms with Crippen LogP contribution in [-0.2, 0) is 4.74 Å². The van der Waals surface area contributed by atoms with E-state index in [1.54, 1.807) is 6.26 Å². The molecule has 0 radical (unpaired) electrons. The van der Waals surface area contributed by atoms with Crippen LogP contribution in [0, 0.1) is 11.5 Å². The predicted molar refractivity (Wildman–Crippen MR) is 31.1 cm³/mol. The van der Waals surface area contributed by atoms with E-state index in [2.05, 4.69) is 4.74 Å². The molecule has 0 spiro atoms. The van der Waals surface area contributed by atoms with Crippen molar-refractivity contribution in [3.63, 3.8) is 0 Å². The average Bonchev–Trinajstić information content (AvgIpc) is 1.83. The molecule has 0 fully saturated rings. The smallest absolute Gasteiger partial charge is 0.286 e. The lowest BCUT2D eigenvalue weighted by atomic mass is 10.2. The topological polar surface area (TPSA) is 33.0 Å². The summed E-state index contributed by atoms with van der Waals surface area (Å²) in [6, 6.07) is 0. The van der Waals surface area contributed by atoms with E-state index in [-0.39, 0.29) is 6.10 Å². The van der Waals surface area contributed by atoms with Crippen molar-refractivity contribution in [3.8, 4) is 6.26 Å². The van der Waals surface area contributed by atoms with Crippen molar-refractivity contribution >= 4 is 0 Å². The van der Waals surface area contributed by atoms with E-state index in [0.29, 0.717) is 0 Å². The van der Waals surface area contributed by atoms with Crippen LogP contribution >= 0.6 is 0 Å². The van der Waals surface area contributed by atoms with Crippen molar-refractivity contribution in [2.75, 3.05) is 0 Å². The molecule has 0 rings (SSSR count). The van der Waals surface area contributed by atoms with Gasteiger partial charge in [-0.1, -0.05) is 13.8 Å². The Kier molecular flexibility index (Phi) is 4.05. The lowest BCUT2D eigenvalue weighted by Gasteiger charge is -2.05. The van der Waals surface area contributed by atoms with Gasteiger partial charge in [0, 0.05) is 0 Å². The number of hydrogen-bond acceptors (Lipinski definition) is 2. The molecular formula is C6H11NO. The summed E-state index contributed by atoms with van der Waals surface area (Å²) >= 11 is 0. The standard InChI is InChI=1S/C6H11NO/c1-3-6(4-2)8-5-7/h6H,3-4H2,1-2H3. The highest BCUT2D eigenvalue weighted by Gasteiger charge is 1.99. The molecule has 0 atom stereocenters. The Balaban J connectivity index is 3.25. The maximum absolute atomic E-state index is 8.03.